The number of fused-ring (bicyclic) bond motifs is 1. The Bertz CT molecular complexity index is 659. The third-order valence-corrected chi connectivity index (χ3v) is 5.45. The number of hydrogen-bond acceptors (Lipinski definition) is 2. The summed E-state index contributed by atoms with van der Waals surface area (Å²) in [5, 5.41) is 0.832. The Balaban J connectivity index is 1.87. The first-order valence-corrected chi connectivity index (χ1v) is 8.54. The SMILES string of the molecule is NCC1CCCCC1c1nc2cccc(Cl)c2n1C1CC1. The molecule has 3 nitrogen and oxygen atoms in total. The summed E-state index contributed by atoms with van der Waals surface area (Å²) >= 11 is 6.47. The van der Waals surface area contributed by atoms with Gasteiger partial charge in [-0.25, -0.2) is 4.98 Å². The molecule has 0 radical (unpaired) electrons. The molecule has 4 heteroatoms. The Hall–Kier alpha value is -1.06. The van der Waals surface area contributed by atoms with Crippen molar-refractivity contribution in [2.75, 3.05) is 6.54 Å². The summed E-state index contributed by atoms with van der Waals surface area (Å²) in [6.07, 6.45) is 7.57. The fourth-order valence-electron chi connectivity index (χ4n) is 3.92. The fraction of sp³-hybridized carbons (Fsp3) is 0.588. The molecule has 2 aromatic rings. The first-order valence-electron chi connectivity index (χ1n) is 8.16. The van der Waals surface area contributed by atoms with Crippen molar-refractivity contribution >= 4 is 22.6 Å². The number of aromatic nitrogens is 2. The molecule has 1 aromatic carbocycles. The second-order valence-corrected chi connectivity index (χ2v) is 6.97. The maximum absolute atomic E-state index is 6.47. The molecule has 0 spiro atoms. The molecule has 0 amide bonds. The van der Waals surface area contributed by atoms with Crippen LogP contribution in [0.3, 0.4) is 0 Å². The molecule has 2 fully saturated rings. The van der Waals surface area contributed by atoms with Crippen molar-refractivity contribution in [2.45, 2.75) is 50.5 Å². The molecule has 2 saturated carbocycles. The van der Waals surface area contributed by atoms with E-state index in [1.807, 2.05) is 12.1 Å². The van der Waals surface area contributed by atoms with Crippen molar-refractivity contribution in [3.05, 3.63) is 29.0 Å². The summed E-state index contributed by atoms with van der Waals surface area (Å²) in [7, 11) is 0. The third-order valence-electron chi connectivity index (χ3n) is 5.14. The lowest BCUT2D eigenvalue weighted by Gasteiger charge is -2.30. The molecule has 2 atom stereocenters. The highest BCUT2D eigenvalue weighted by molar-refractivity contribution is 6.35. The van der Waals surface area contributed by atoms with E-state index >= 15 is 0 Å². The lowest BCUT2D eigenvalue weighted by atomic mass is 9.78. The van der Waals surface area contributed by atoms with Gasteiger partial charge in [0.2, 0.25) is 0 Å². The lowest BCUT2D eigenvalue weighted by Crippen LogP contribution is -2.27. The Morgan fingerprint density at radius 2 is 2.00 bits per heavy atom. The molecule has 4 rings (SSSR count). The number of benzene rings is 1. The van der Waals surface area contributed by atoms with Gasteiger partial charge in [-0.15, -0.1) is 0 Å². The molecule has 2 aliphatic rings. The molecule has 2 unspecified atom stereocenters. The molecule has 1 aromatic heterocycles. The predicted molar refractivity (Wildman–Crippen MR) is 86.8 cm³/mol. The monoisotopic (exact) mass is 303 g/mol. The molecule has 2 N–H and O–H groups in total. The van der Waals surface area contributed by atoms with Gasteiger partial charge in [0.1, 0.15) is 5.82 Å². The molecule has 1 heterocycles. The van der Waals surface area contributed by atoms with Crippen molar-refractivity contribution < 1.29 is 0 Å². The highest BCUT2D eigenvalue weighted by Crippen LogP contribution is 2.45. The average Bonchev–Trinajstić information content (AvgIpc) is 3.27. The molecule has 2 aliphatic carbocycles. The van der Waals surface area contributed by atoms with E-state index in [9.17, 15) is 0 Å². The minimum atomic E-state index is 0.507. The topological polar surface area (TPSA) is 43.8 Å². The second-order valence-electron chi connectivity index (χ2n) is 6.57. The van der Waals surface area contributed by atoms with E-state index in [1.165, 1.54) is 44.3 Å². The van der Waals surface area contributed by atoms with E-state index < -0.39 is 0 Å². The number of nitrogens with two attached hydrogens (primary N) is 1. The van der Waals surface area contributed by atoms with Gasteiger partial charge in [0.15, 0.2) is 0 Å². The molecule has 0 saturated heterocycles. The number of para-hydroxylation sites is 1. The maximum Gasteiger partial charge on any atom is 0.113 e. The summed E-state index contributed by atoms with van der Waals surface area (Å²) in [6, 6.07) is 6.67. The quantitative estimate of drug-likeness (QED) is 0.921. The Labute approximate surface area is 130 Å². The van der Waals surface area contributed by atoms with Gasteiger partial charge in [0.25, 0.3) is 0 Å². The van der Waals surface area contributed by atoms with Gasteiger partial charge in [0, 0.05) is 12.0 Å². The van der Waals surface area contributed by atoms with Gasteiger partial charge in [-0.05, 0) is 50.3 Å². The molecule has 0 bridgehead atoms. The first kappa shape index (κ1) is 13.6. The highest BCUT2D eigenvalue weighted by atomic mass is 35.5. The molecule has 0 aliphatic heterocycles. The van der Waals surface area contributed by atoms with Gasteiger partial charge < -0.3 is 10.3 Å². The average molecular weight is 304 g/mol. The molecular formula is C17H22ClN3. The number of nitrogens with zero attached hydrogens (tertiary/aromatic N) is 2. The van der Waals surface area contributed by atoms with Crippen LogP contribution in [-0.4, -0.2) is 16.1 Å². The van der Waals surface area contributed by atoms with Crippen LogP contribution in [0.4, 0.5) is 0 Å². The van der Waals surface area contributed by atoms with E-state index in [0.717, 1.165) is 22.6 Å². The van der Waals surface area contributed by atoms with E-state index in [0.29, 0.717) is 17.9 Å². The summed E-state index contributed by atoms with van der Waals surface area (Å²) in [5.41, 5.74) is 8.22. The molecular weight excluding hydrogens is 282 g/mol. The first-order chi connectivity index (χ1) is 10.3. The zero-order valence-corrected chi connectivity index (χ0v) is 13.0. The van der Waals surface area contributed by atoms with Crippen LogP contribution in [0.15, 0.2) is 18.2 Å². The van der Waals surface area contributed by atoms with Crippen LogP contribution in [0.5, 0.6) is 0 Å². The van der Waals surface area contributed by atoms with E-state index in [-0.39, 0.29) is 0 Å². The standard InChI is InChI=1S/C17H22ClN3/c18-14-6-3-7-15-16(14)21(12-8-9-12)17(20-15)13-5-2-1-4-11(13)10-19/h3,6-7,11-13H,1-2,4-5,8-10,19H2. The minimum Gasteiger partial charge on any atom is -0.330 e. The van der Waals surface area contributed by atoms with Gasteiger partial charge in [-0.2, -0.15) is 0 Å². The number of imidazole rings is 1. The van der Waals surface area contributed by atoms with Gasteiger partial charge >= 0.3 is 0 Å². The number of halogens is 1. The number of hydrogen-bond donors (Lipinski definition) is 1. The van der Waals surface area contributed by atoms with Gasteiger partial charge in [-0.1, -0.05) is 30.5 Å². The molecule has 21 heavy (non-hydrogen) atoms. The van der Waals surface area contributed by atoms with Crippen LogP contribution in [0.2, 0.25) is 5.02 Å². The van der Waals surface area contributed by atoms with Crippen molar-refractivity contribution in [3.8, 4) is 0 Å². The van der Waals surface area contributed by atoms with E-state index in [4.69, 9.17) is 22.3 Å². The van der Waals surface area contributed by atoms with Crippen molar-refractivity contribution in [1.82, 2.24) is 9.55 Å². The summed E-state index contributed by atoms with van der Waals surface area (Å²) in [6.45, 7) is 0.770. The minimum absolute atomic E-state index is 0.507. The van der Waals surface area contributed by atoms with Crippen LogP contribution >= 0.6 is 11.6 Å². The van der Waals surface area contributed by atoms with Crippen LogP contribution in [0, 0.1) is 5.92 Å². The van der Waals surface area contributed by atoms with Crippen LogP contribution in [0.25, 0.3) is 11.0 Å². The van der Waals surface area contributed by atoms with Gasteiger partial charge in [0.05, 0.1) is 16.1 Å². The van der Waals surface area contributed by atoms with Crippen molar-refractivity contribution in [3.63, 3.8) is 0 Å². The van der Waals surface area contributed by atoms with Crippen LogP contribution in [0.1, 0.15) is 56.3 Å². The summed E-state index contributed by atoms with van der Waals surface area (Å²) in [4.78, 5) is 4.98. The molecule has 112 valence electrons. The predicted octanol–water partition coefficient (Wildman–Crippen LogP) is 4.26. The summed E-state index contributed by atoms with van der Waals surface area (Å²) < 4.78 is 2.44. The highest BCUT2D eigenvalue weighted by Gasteiger charge is 2.35. The lowest BCUT2D eigenvalue weighted by molar-refractivity contribution is 0.298. The largest absolute Gasteiger partial charge is 0.330 e. The normalized spacial score (nSPS) is 26.4. The summed E-state index contributed by atoms with van der Waals surface area (Å²) in [5.74, 6) is 2.33. The maximum atomic E-state index is 6.47. The van der Waals surface area contributed by atoms with Gasteiger partial charge in [-0.3, -0.25) is 0 Å². The Morgan fingerprint density at radius 3 is 2.76 bits per heavy atom. The van der Waals surface area contributed by atoms with E-state index in [2.05, 4.69) is 10.6 Å². The van der Waals surface area contributed by atoms with Crippen molar-refractivity contribution in [2.24, 2.45) is 11.7 Å². The van der Waals surface area contributed by atoms with Crippen LogP contribution < -0.4 is 5.73 Å². The Morgan fingerprint density at radius 1 is 1.19 bits per heavy atom. The van der Waals surface area contributed by atoms with Crippen LogP contribution in [-0.2, 0) is 0 Å². The number of rotatable bonds is 3. The second kappa shape index (κ2) is 5.29. The van der Waals surface area contributed by atoms with E-state index in [1.54, 1.807) is 0 Å². The smallest absolute Gasteiger partial charge is 0.113 e. The fourth-order valence-corrected chi connectivity index (χ4v) is 4.18. The zero-order valence-electron chi connectivity index (χ0n) is 12.3. The third kappa shape index (κ3) is 2.27. The Kier molecular flexibility index (Phi) is 3.43. The van der Waals surface area contributed by atoms with Crippen molar-refractivity contribution in [1.29, 1.82) is 0 Å². The zero-order chi connectivity index (χ0) is 14.4.